The molecule has 1 aromatic heterocycles. The summed E-state index contributed by atoms with van der Waals surface area (Å²) in [6, 6.07) is 20.0. The normalized spacial score (nSPS) is 11.2. The smallest absolute Gasteiger partial charge is 0.338 e. The molecule has 4 rings (SSSR count). The molecule has 4 aromatic rings. The van der Waals surface area contributed by atoms with Crippen LogP contribution in [0.1, 0.15) is 76.2 Å². The number of benzene rings is 3. The monoisotopic (exact) mass is 584 g/mol. The van der Waals surface area contributed by atoms with E-state index >= 15 is 0 Å². The van der Waals surface area contributed by atoms with Crippen molar-refractivity contribution in [3.63, 3.8) is 0 Å². The van der Waals surface area contributed by atoms with E-state index in [0.29, 0.717) is 23.7 Å². The fraction of sp³-hybridized carbons (Fsp3) is 0.324. The number of carbonyl (C=O) groups is 2. The number of hydrogen-bond donors (Lipinski definition) is 2. The molecule has 1 heterocycles. The highest BCUT2D eigenvalue weighted by Gasteiger charge is 2.29. The highest BCUT2D eigenvalue weighted by molar-refractivity contribution is 6.73. The van der Waals surface area contributed by atoms with Crippen LogP contribution in [0.4, 0.5) is 0 Å². The highest BCUT2D eigenvalue weighted by Crippen LogP contribution is 2.24. The summed E-state index contributed by atoms with van der Waals surface area (Å²) in [6.45, 7) is 14.1. The molecule has 0 aliphatic rings. The first-order chi connectivity index (χ1) is 19.8. The van der Waals surface area contributed by atoms with Crippen LogP contribution >= 0.6 is 0 Å². The van der Waals surface area contributed by atoms with Crippen molar-refractivity contribution in [2.24, 2.45) is 5.73 Å². The Balaban J connectivity index is 0.000000307. The fourth-order valence-corrected chi connectivity index (χ4v) is 6.10. The minimum Gasteiger partial charge on any atom is -0.478 e. The lowest BCUT2D eigenvalue weighted by Crippen LogP contribution is -2.38. The van der Waals surface area contributed by atoms with Crippen molar-refractivity contribution < 1.29 is 19.4 Å². The van der Waals surface area contributed by atoms with E-state index in [1.54, 1.807) is 12.3 Å². The first-order valence-corrected chi connectivity index (χ1v) is 16.6. The molecule has 0 unspecified atom stereocenters. The Hall–Kier alpha value is -4.01. The second-order valence-electron chi connectivity index (χ2n) is 11.4. The molecule has 0 bridgehead atoms. The van der Waals surface area contributed by atoms with Gasteiger partial charge in [-0.1, -0.05) is 56.4 Å². The molecule has 0 aliphatic heterocycles. The van der Waals surface area contributed by atoms with Crippen LogP contribution in [-0.4, -0.2) is 41.2 Å². The van der Waals surface area contributed by atoms with E-state index in [1.165, 1.54) is 5.56 Å². The van der Waals surface area contributed by atoms with Gasteiger partial charge >= 0.3 is 11.9 Å². The van der Waals surface area contributed by atoms with Crippen molar-refractivity contribution in [3.8, 4) is 5.69 Å². The van der Waals surface area contributed by atoms with Gasteiger partial charge in [0, 0.05) is 18.9 Å². The van der Waals surface area contributed by atoms with Gasteiger partial charge < -0.3 is 15.6 Å². The summed E-state index contributed by atoms with van der Waals surface area (Å²) in [5.74, 6) is -1.44. The van der Waals surface area contributed by atoms with E-state index < -0.39 is 26.3 Å². The quantitative estimate of drug-likeness (QED) is 0.192. The standard InChI is InChI=1S/C24H31O4Si.C10H11N3/c1-8-16-9-11-17(12-10-16)14-18-15(2)13-19(22(25)26)21(29(6)7)20(18)23(27)28-24(3,4)5;11-8-9-2-4-10(5-3-9)13-7-1-6-12-13/h9-13H,8,14H2,1-7H3,(H,25,26);1-7H,8,11H2. The number of hydrogen-bond acceptors (Lipinski definition) is 5. The zero-order valence-corrected chi connectivity index (χ0v) is 26.7. The van der Waals surface area contributed by atoms with Crippen molar-refractivity contribution in [1.29, 1.82) is 0 Å². The second-order valence-corrected chi connectivity index (χ2v) is 13.9. The number of carboxylic acid groups (broad SMARTS) is 1. The Morgan fingerprint density at radius 1 is 1.00 bits per heavy atom. The molecule has 1 radical (unpaired) electrons. The number of nitrogens with two attached hydrogens (primary N) is 1. The number of aromatic nitrogens is 2. The molecule has 7 nitrogen and oxygen atoms in total. The molecule has 3 N–H and O–H groups in total. The maximum atomic E-state index is 13.2. The molecule has 221 valence electrons. The third kappa shape index (κ3) is 8.50. The third-order valence-corrected chi connectivity index (χ3v) is 8.26. The minimum atomic E-state index is -1.24. The summed E-state index contributed by atoms with van der Waals surface area (Å²) in [6.07, 6.45) is 5.21. The zero-order chi connectivity index (χ0) is 31.0. The predicted octanol–water partition coefficient (Wildman–Crippen LogP) is 6.09. The number of aromatic carboxylic acids is 1. The summed E-state index contributed by atoms with van der Waals surface area (Å²) in [7, 11) is -1.24. The zero-order valence-electron chi connectivity index (χ0n) is 25.7. The number of nitrogens with zero attached hydrogens (tertiary/aromatic N) is 2. The number of carboxylic acids is 1. The van der Waals surface area contributed by atoms with Gasteiger partial charge in [0.05, 0.1) is 25.6 Å². The van der Waals surface area contributed by atoms with E-state index in [4.69, 9.17) is 10.5 Å². The summed E-state index contributed by atoms with van der Waals surface area (Å²) < 4.78 is 7.52. The highest BCUT2D eigenvalue weighted by atomic mass is 28.3. The maximum Gasteiger partial charge on any atom is 0.338 e. The average Bonchev–Trinajstić information content (AvgIpc) is 3.48. The summed E-state index contributed by atoms with van der Waals surface area (Å²) in [5, 5.41) is 14.5. The molecule has 42 heavy (non-hydrogen) atoms. The van der Waals surface area contributed by atoms with Crippen molar-refractivity contribution >= 4 is 25.9 Å². The van der Waals surface area contributed by atoms with E-state index in [0.717, 1.165) is 34.4 Å². The Bertz CT molecular complexity index is 1490. The van der Waals surface area contributed by atoms with Gasteiger partial charge in [0.1, 0.15) is 5.60 Å². The number of rotatable bonds is 8. The van der Waals surface area contributed by atoms with Gasteiger partial charge in [0.25, 0.3) is 0 Å². The van der Waals surface area contributed by atoms with Crippen LogP contribution in [-0.2, 0) is 24.1 Å². The van der Waals surface area contributed by atoms with E-state index in [1.807, 2.05) is 82.0 Å². The molecular formula is C34H42N3O4Si. The van der Waals surface area contributed by atoms with E-state index in [2.05, 4.69) is 36.3 Å². The largest absolute Gasteiger partial charge is 0.478 e. The Kier molecular flexibility index (Phi) is 11.0. The first kappa shape index (κ1) is 32.5. The molecule has 0 saturated carbocycles. The van der Waals surface area contributed by atoms with Crippen LogP contribution in [0.25, 0.3) is 5.69 Å². The van der Waals surface area contributed by atoms with Crippen molar-refractivity contribution in [1.82, 2.24) is 9.78 Å². The van der Waals surface area contributed by atoms with Gasteiger partial charge in [-0.15, -0.1) is 0 Å². The van der Waals surface area contributed by atoms with E-state index in [9.17, 15) is 14.7 Å². The summed E-state index contributed by atoms with van der Waals surface area (Å²) >= 11 is 0. The predicted molar refractivity (Wildman–Crippen MR) is 171 cm³/mol. The van der Waals surface area contributed by atoms with E-state index in [-0.39, 0.29) is 5.56 Å². The molecule has 0 atom stereocenters. The van der Waals surface area contributed by atoms with Crippen molar-refractivity contribution in [2.45, 2.75) is 72.7 Å². The first-order valence-electron chi connectivity index (χ1n) is 14.1. The molecule has 0 amide bonds. The van der Waals surface area contributed by atoms with Crippen molar-refractivity contribution in [3.05, 3.63) is 112 Å². The van der Waals surface area contributed by atoms with Gasteiger partial charge in [0.15, 0.2) is 0 Å². The number of carbonyl (C=O) groups excluding carboxylic acids is 1. The van der Waals surface area contributed by atoms with Crippen LogP contribution in [0.2, 0.25) is 13.1 Å². The summed E-state index contributed by atoms with van der Waals surface area (Å²) in [5.41, 5.74) is 11.7. The molecule has 0 saturated heterocycles. The van der Waals surface area contributed by atoms with Gasteiger partial charge in [0.2, 0.25) is 0 Å². The molecule has 8 heteroatoms. The molecule has 0 aliphatic carbocycles. The number of esters is 1. The van der Waals surface area contributed by atoms with Crippen LogP contribution in [0.3, 0.4) is 0 Å². The van der Waals surface area contributed by atoms with Gasteiger partial charge in [-0.25, -0.2) is 14.3 Å². The molecule has 0 fully saturated rings. The molecule has 3 aromatic carbocycles. The van der Waals surface area contributed by atoms with Crippen LogP contribution < -0.4 is 10.9 Å². The van der Waals surface area contributed by atoms with Gasteiger partial charge in [-0.05, 0) is 97.8 Å². The Labute approximate surface area is 251 Å². The lowest BCUT2D eigenvalue weighted by Gasteiger charge is -2.25. The minimum absolute atomic E-state index is 0.215. The average molecular weight is 585 g/mol. The third-order valence-electron chi connectivity index (χ3n) is 6.74. The Morgan fingerprint density at radius 2 is 1.60 bits per heavy atom. The van der Waals surface area contributed by atoms with Crippen LogP contribution in [0, 0.1) is 6.92 Å². The second kappa shape index (κ2) is 14.2. The van der Waals surface area contributed by atoms with Crippen LogP contribution in [0.15, 0.2) is 73.1 Å². The lowest BCUT2D eigenvalue weighted by atomic mass is 9.92. The van der Waals surface area contributed by atoms with Gasteiger partial charge in [-0.2, -0.15) is 5.10 Å². The Morgan fingerprint density at radius 3 is 2.07 bits per heavy atom. The maximum absolute atomic E-state index is 13.2. The SMILES string of the molecule is CCc1ccc(Cc2c(C)cc(C(=O)O)c([Si](C)C)c2C(=O)OC(C)(C)C)cc1.NCc1ccc(-n2cccn2)cc1. The van der Waals surface area contributed by atoms with Crippen molar-refractivity contribution in [2.75, 3.05) is 0 Å². The fourth-order valence-electron chi connectivity index (χ4n) is 4.63. The molecular weight excluding hydrogens is 542 g/mol. The van der Waals surface area contributed by atoms with Gasteiger partial charge in [-0.3, -0.25) is 0 Å². The lowest BCUT2D eigenvalue weighted by molar-refractivity contribution is 0.00698. The summed E-state index contributed by atoms with van der Waals surface area (Å²) in [4.78, 5) is 25.2. The number of ether oxygens (including phenoxy) is 1. The molecule has 0 spiro atoms. The topological polar surface area (TPSA) is 107 Å². The van der Waals surface area contributed by atoms with Crippen LogP contribution in [0.5, 0.6) is 0 Å². The number of aryl methyl sites for hydroxylation is 2.